The van der Waals surface area contributed by atoms with Gasteiger partial charge in [0.05, 0.1) is 6.42 Å². The molecule has 0 saturated carbocycles. The lowest BCUT2D eigenvalue weighted by atomic mass is 10.0. The van der Waals surface area contributed by atoms with Crippen molar-refractivity contribution in [1.82, 2.24) is 0 Å². The van der Waals surface area contributed by atoms with Gasteiger partial charge in [-0.3, -0.25) is 4.79 Å². The molecule has 0 atom stereocenters. The molecule has 0 aliphatic heterocycles. The highest BCUT2D eigenvalue weighted by Gasteiger charge is 2.28. The molecule has 16 heavy (non-hydrogen) atoms. The van der Waals surface area contributed by atoms with Gasteiger partial charge in [0.2, 0.25) is 0 Å². The second-order valence-corrected chi connectivity index (χ2v) is 3.93. The molecule has 0 bridgehead atoms. The van der Waals surface area contributed by atoms with Crippen LogP contribution in [0, 0.1) is 6.92 Å². The van der Waals surface area contributed by atoms with Crippen LogP contribution in [-0.2, 0) is 0 Å². The van der Waals surface area contributed by atoms with Crippen LogP contribution in [0.25, 0.3) is 0 Å². The summed E-state index contributed by atoms with van der Waals surface area (Å²) in [4.78, 5) is 11.5. The molecule has 0 heterocycles. The van der Waals surface area contributed by atoms with Gasteiger partial charge in [0.15, 0.2) is 5.78 Å². The molecule has 0 radical (unpaired) electrons. The van der Waals surface area contributed by atoms with E-state index in [9.17, 15) is 18.0 Å². The molecule has 0 spiro atoms. The zero-order valence-corrected chi connectivity index (χ0v) is 9.32. The predicted molar refractivity (Wildman–Crippen MR) is 55.8 cm³/mol. The molecule has 1 rings (SSSR count). The molecule has 0 N–H and O–H groups in total. The first kappa shape index (κ1) is 13.0. The smallest absolute Gasteiger partial charge is 0.294 e. The second-order valence-electron chi connectivity index (χ2n) is 3.50. The number of Topliss-reactive ketones (excluding diaryl/α,β-unsaturated/α-hetero) is 1. The molecule has 0 aliphatic carbocycles. The minimum atomic E-state index is -4.30. The van der Waals surface area contributed by atoms with Crippen LogP contribution >= 0.6 is 11.6 Å². The molecule has 1 nitrogen and oxygen atoms in total. The Hall–Kier alpha value is -1.03. The average Bonchev–Trinajstić information content (AvgIpc) is 2.13. The molecule has 1 aromatic rings. The van der Waals surface area contributed by atoms with Crippen molar-refractivity contribution in [2.75, 3.05) is 0 Å². The number of hydrogen-bond donors (Lipinski definition) is 0. The first-order chi connectivity index (χ1) is 7.29. The predicted octanol–water partition coefficient (Wildman–Crippen LogP) is 4.17. The average molecular weight is 251 g/mol. The Kier molecular flexibility index (Phi) is 3.97. The van der Waals surface area contributed by atoms with Crippen LogP contribution in [0.1, 0.15) is 28.8 Å². The minimum absolute atomic E-state index is 0.300. The highest BCUT2D eigenvalue weighted by Crippen LogP contribution is 2.24. The van der Waals surface area contributed by atoms with Crippen molar-refractivity contribution in [3.05, 3.63) is 34.3 Å². The van der Waals surface area contributed by atoms with Crippen LogP contribution in [0.15, 0.2) is 18.2 Å². The summed E-state index contributed by atoms with van der Waals surface area (Å²) in [5.41, 5.74) is 0.897. The highest BCUT2D eigenvalue weighted by molar-refractivity contribution is 6.30. The first-order valence-electron chi connectivity index (χ1n) is 4.66. The van der Waals surface area contributed by atoms with Crippen LogP contribution in [-0.4, -0.2) is 12.0 Å². The Morgan fingerprint density at radius 1 is 1.38 bits per heavy atom. The van der Waals surface area contributed by atoms with Gasteiger partial charge in [0.1, 0.15) is 0 Å². The van der Waals surface area contributed by atoms with E-state index < -0.39 is 24.8 Å². The summed E-state index contributed by atoms with van der Waals surface area (Å²) in [5.74, 6) is -0.508. The number of ketones is 1. The van der Waals surface area contributed by atoms with E-state index in [-0.39, 0.29) is 0 Å². The number of carbonyl (C=O) groups excluding carboxylic acids is 1. The lowest BCUT2D eigenvalue weighted by Crippen LogP contribution is -2.11. The molecule has 0 aliphatic rings. The number of benzene rings is 1. The maximum atomic E-state index is 11.9. The number of alkyl halides is 3. The fourth-order valence-corrected chi connectivity index (χ4v) is 1.56. The summed E-state index contributed by atoms with van der Waals surface area (Å²) >= 11 is 5.68. The summed E-state index contributed by atoms with van der Waals surface area (Å²) in [5, 5.41) is 0.463. The van der Waals surface area contributed by atoms with Crippen LogP contribution in [0.5, 0.6) is 0 Å². The molecule has 0 saturated heterocycles. The van der Waals surface area contributed by atoms with Crippen molar-refractivity contribution in [2.45, 2.75) is 25.9 Å². The number of halogens is 4. The summed E-state index contributed by atoms with van der Waals surface area (Å²) in [6, 6.07) is 4.51. The normalized spacial score (nSPS) is 11.6. The van der Waals surface area contributed by atoms with E-state index in [0.29, 0.717) is 16.1 Å². The largest absolute Gasteiger partial charge is 0.389 e. The van der Waals surface area contributed by atoms with Crippen molar-refractivity contribution in [1.29, 1.82) is 0 Å². The third-order valence-electron chi connectivity index (χ3n) is 2.12. The van der Waals surface area contributed by atoms with Gasteiger partial charge in [-0.1, -0.05) is 11.6 Å². The summed E-state index contributed by atoms with van der Waals surface area (Å²) in [6.07, 6.45) is -5.91. The van der Waals surface area contributed by atoms with Crippen LogP contribution in [0.3, 0.4) is 0 Å². The van der Waals surface area contributed by atoms with E-state index in [2.05, 4.69) is 0 Å². The topological polar surface area (TPSA) is 17.1 Å². The third kappa shape index (κ3) is 3.85. The van der Waals surface area contributed by atoms with Gasteiger partial charge in [-0.15, -0.1) is 0 Å². The molecule has 0 amide bonds. The molecule has 88 valence electrons. The summed E-state index contributed by atoms with van der Waals surface area (Å²) in [7, 11) is 0. The van der Waals surface area contributed by atoms with Crippen molar-refractivity contribution in [2.24, 2.45) is 0 Å². The fraction of sp³-hybridized carbons (Fsp3) is 0.364. The van der Waals surface area contributed by atoms with Gasteiger partial charge in [0.25, 0.3) is 0 Å². The van der Waals surface area contributed by atoms with Gasteiger partial charge in [-0.2, -0.15) is 13.2 Å². The monoisotopic (exact) mass is 250 g/mol. The van der Waals surface area contributed by atoms with Gasteiger partial charge < -0.3 is 0 Å². The van der Waals surface area contributed by atoms with Crippen molar-refractivity contribution >= 4 is 17.4 Å². The van der Waals surface area contributed by atoms with Crippen LogP contribution < -0.4 is 0 Å². The van der Waals surface area contributed by atoms with Crippen LogP contribution in [0.2, 0.25) is 5.02 Å². The standard InChI is InChI=1S/C11H10ClF3O/c1-7-6-8(12)2-3-9(7)10(16)4-5-11(13,14)15/h2-3,6H,4-5H2,1H3. The molecule has 5 heteroatoms. The second kappa shape index (κ2) is 4.87. The summed E-state index contributed by atoms with van der Waals surface area (Å²) in [6.45, 7) is 1.65. The van der Waals surface area contributed by atoms with Gasteiger partial charge in [-0.25, -0.2) is 0 Å². The Balaban J connectivity index is 2.74. The van der Waals surface area contributed by atoms with Gasteiger partial charge in [-0.05, 0) is 30.7 Å². The molecule has 0 unspecified atom stereocenters. The number of hydrogen-bond acceptors (Lipinski definition) is 1. The molecule has 0 fully saturated rings. The Labute approximate surface area is 96.2 Å². The number of rotatable bonds is 3. The highest BCUT2D eigenvalue weighted by atomic mass is 35.5. The summed E-state index contributed by atoms with van der Waals surface area (Å²) < 4.78 is 35.8. The van der Waals surface area contributed by atoms with Gasteiger partial charge in [0, 0.05) is 17.0 Å². The van der Waals surface area contributed by atoms with E-state index in [1.165, 1.54) is 12.1 Å². The fourth-order valence-electron chi connectivity index (χ4n) is 1.33. The third-order valence-corrected chi connectivity index (χ3v) is 2.36. The zero-order valence-electron chi connectivity index (χ0n) is 8.57. The SMILES string of the molecule is Cc1cc(Cl)ccc1C(=O)CCC(F)(F)F. The molecule has 1 aromatic carbocycles. The van der Waals surface area contributed by atoms with Crippen molar-refractivity contribution in [3.8, 4) is 0 Å². The molecular weight excluding hydrogens is 241 g/mol. The first-order valence-corrected chi connectivity index (χ1v) is 5.03. The molecule has 0 aromatic heterocycles. The maximum absolute atomic E-state index is 11.9. The minimum Gasteiger partial charge on any atom is -0.294 e. The number of carbonyl (C=O) groups is 1. The lowest BCUT2D eigenvalue weighted by Gasteiger charge is -2.07. The number of aryl methyl sites for hydroxylation is 1. The lowest BCUT2D eigenvalue weighted by molar-refractivity contribution is -0.133. The Bertz CT molecular complexity index is 399. The zero-order chi connectivity index (χ0) is 12.3. The van der Waals surface area contributed by atoms with Crippen molar-refractivity contribution in [3.63, 3.8) is 0 Å². The van der Waals surface area contributed by atoms with E-state index in [0.717, 1.165) is 0 Å². The van der Waals surface area contributed by atoms with Gasteiger partial charge >= 0.3 is 6.18 Å². The van der Waals surface area contributed by atoms with E-state index in [1.54, 1.807) is 13.0 Å². The molecular formula is C11H10ClF3O. The Morgan fingerprint density at radius 3 is 2.50 bits per heavy atom. The Morgan fingerprint density at radius 2 is 2.00 bits per heavy atom. The maximum Gasteiger partial charge on any atom is 0.389 e. The van der Waals surface area contributed by atoms with E-state index in [4.69, 9.17) is 11.6 Å². The van der Waals surface area contributed by atoms with Crippen LogP contribution in [0.4, 0.5) is 13.2 Å². The van der Waals surface area contributed by atoms with E-state index in [1.807, 2.05) is 0 Å². The van der Waals surface area contributed by atoms with E-state index >= 15 is 0 Å². The quantitative estimate of drug-likeness (QED) is 0.736. The van der Waals surface area contributed by atoms with Crippen molar-refractivity contribution < 1.29 is 18.0 Å².